The standard InChI is InChI=1S/C17H30N2O/c1-2-3-11(8-9-18)4-7-14(20)19-17-15-12-5-6-13(10-12)16(15)17/h11-13,15-17H,2-10,18H2,1H3,(H,19,20). The molecule has 0 aromatic heterocycles. The number of rotatable bonds is 8. The predicted molar refractivity (Wildman–Crippen MR) is 81.0 cm³/mol. The quantitative estimate of drug-likeness (QED) is 0.717. The zero-order valence-electron chi connectivity index (χ0n) is 12.8. The van der Waals surface area contributed by atoms with Crippen LogP contribution < -0.4 is 11.1 Å². The molecular formula is C17H30N2O. The van der Waals surface area contributed by atoms with Crippen LogP contribution in [-0.2, 0) is 4.79 Å². The van der Waals surface area contributed by atoms with Crippen molar-refractivity contribution < 1.29 is 4.79 Å². The summed E-state index contributed by atoms with van der Waals surface area (Å²) in [6.07, 6.45) is 9.50. The molecule has 0 spiro atoms. The van der Waals surface area contributed by atoms with Gasteiger partial charge in [-0.15, -0.1) is 0 Å². The number of amides is 1. The smallest absolute Gasteiger partial charge is 0.220 e. The minimum Gasteiger partial charge on any atom is -0.353 e. The number of fused-ring (bicyclic) bond motifs is 5. The molecule has 3 rings (SSSR count). The van der Waals surface area contributed by atoms with E-state index in [2.05, 4.69) is 12.2 Å². The molecule has 3 aliphatic rings. The molecule has 1 amide bonds. The molecule has 0 aliphatic heterocycles. The van der Waals surface area contributed by atoms with Gasteiger partial charge >= 0.3 is 0 Å². The minimum absolute atomic E-state index is 0.293. The first-order valence-electron chi connectivity index (χ1n) is 8.74. The normalized spacial score (nSPS) is 38.6. The van der Waals surface area contributed by atoms with Gasteiger partial charge in [0.1, 0.15) is 0 Å². The molecule has 114 valence electrons. The van der Waals surface area contributed by atoms with E-state index in [0.29, 0.717) is 24.3 Å². The van der Waals surface area contributed by atoms with Crippen molar-refractivity contribution in [2.45, 2.75) is 64.3 Å². The Kier molecular flexibility index (Phi) is 4.34. The number of hydrogen-bond donors (Lipinski definition) is 2. The van der Waals surface area contributed by atoms with Crippen molar-refractivity contribution in [1.82, 2.24) is 5.32 Å². The molecule has 0 aromatic carbocycles. The Labute approximate surface area is 123 Å². The molecule has 3 saturated carbocycles. The monoisotopic (exact) mass is 278 g/mol. The predicted octanol–water partition coefficient (Wildman–Crippen LogP) is 2.69. The summed E-state index contributed by atoms with van der Waals surface area (Å²) in [5.74, 6) is 4.54. The van der Waals surface area contributed by atoms with Gasteiger partial charge in [-0.3, -0.25) is 4.79 Å². The van der Waals surface area contributed by atoms with E-state index in [1.807, 2.05) is 0 Å². The summed E-state index contributed by atoms with van der Waals surface area (Å²) in [7, 11) is 0. The number of nitrogens with one attached hydrogen (secondary N) is 1. The molecule has 5 unspecified atom stereocenters. The average Bonchev–Trinajstić information content (AvgIpc) is 2.84. The third kappa shape index (κ3) is 2.74. The molecule has 0 saturated heterocycles. The lowest BCUT2D eigenvalue weighted by atomic mass is 9.94. The Morgan fingerprint density at radius 1 is 1.20 bits per heavy atom. The zero-order valence-corrected chi connectivity index (χ0v) is 12.8. The van der Waals surface area contributed by atoms with Gasteiger partial charge in [-0.05, 0) is 68.2 Å². The third-order valence-electron chi connectivity index (χ3n) is 6.11. The van der Waals surface area contributed by atoms with Gasteiger partial charge < -0.3 is 11.1 Å². The van der Waals surface area contributed by atoms with E-state index >= 15 is 0 Å². The molecule has 0 heterocycles. The third-order valence-corrected chi connectivity index (χ3v) is 6.11. The molecule has 3 N–H and O–H groups in total. The van der Waals surface area contributed by atoms with Crippen molar-refractivity contribution in [1.29, 1.82) is 0 Å². The lowest BCUT2D eigenvalue weighted by molar-refractivity contribution is -0.121. The van der Waals surface area contributed by atoms with Gasteiger partial charge in [0.05, 0.1) is 0 Å². The van der Waals surface area contributed by atoms with Gasteiger partial charge in [0.2, 0.25) is 5.91 Å². The fourth-order valence-electron chi connectivity index (χ4n) is 5.19. The van der Waals surface area contributed by atoms with E-state index in [1.165, 1.54) is 32.1 Å². The molecule has 5 atom stereocenters. The van der Waals surface area contributed by atoms with E-state index in [0.717, 1.165) is 43.1 Å². The van der Waals surface area contributed by atoms with E-state index in [9.17, 15) is 4.79 Å². The molecule has 3 aliphatic carbocycles. The van der Waals surface area contributed by atoms with Crippen LogP contribution in [-0.4, -0.2) is 18.5 Å². The van der Waals surface area contributed by atoms with Gasteiger partial charge in [0, 0.05) is 12.5 Å². The summed E-state index contributed by atoms with van der Waals surface area (Å²) < 4.78 is 0. The molecule has 3 fully saturated rings. The second-order valence-corrected chi connectivity index (χ2v) is 7.35. The van der Waals surface area contributed by atoms with Gasteiger partial charge in [-0.1, -0.05) is 19.8 Å². The van der Waals surface area contributed by atoms with Gasteiger partial charge in [-0.2, -0.15) is 0 Å². The van der Waals surface area contributed by atoms with E-state index < -0.39 is 0 Å². The number of hydrogen-bond acceptors (Lipinski definition) is 2. The van der Waals surface area contributed by atoms with Crippen LogP contribution >= 0.6 is 0 Å². The van der Waals surface area contributed by atoms with E-state index in [4.69, 9.17) is 5.73 Å². The SMILES string of the molecule is CCCC(CCN)CCC(=O)NC1C2C3CCC(C3)C12. The van der Waals surface area contributed by atoms with Crippen LogP contribution in [0.2, 0.25) is 0 Å². The Morgan fingerprint density at radius 3 is 2.50 bits per heavy atom. The first-order valence-corrected chi connectivity index (χ1v) is 8.74. The van der Waals surface area contributed by atoms with Crippen molar-refractivity contribution >= 4 is 5.91 Å². The van der Waals surface area contributed by atoms with Crippen molar-refractivity contribution in [3.63, 3.8) is 0 Å². The molecule has 0 radical (unpaired) electrons. The lowest BCUT2D eigenvalue weighted by Gasteiger charge is -2.15. The second-order valence-electron chi connectivity index (χ2n) is 7.35. The van der Waals surface area contributed by atoms with Crippen molar-refractivity contribution in [2.24, 2.45) is 35.3 Å². The van der Waals surface area contributed by atoms with Crippen molar-refractivity contribution in [3.8, 4) is 0 Å². The van der Waals surface area contributed by atoms with Crippen molar-refractivity contribution in [3.05, 3.63) is 0 Å². The van der Waals surface area contributed by atoms with Crippen LogP contribution in [0.5, 0.6) is 0 Å². The molecule has 3 nitrogen and oxygen atoms in total. The molecular weight excluding hydrogens is 248 g/mol. The van der Waals surface area contributed by atoms with Crippen LogP contribution in [0, 0.1) is 29.6 Å². The summed E-state index contributed by atoms with van der Waals surface area (Å²) in [5, 5.41) is 3.33. The fourth-order valence-corrected chi connectivity index (χ4v) is 5.19. The maximum Gasteiger partial charge on any atom is 0.220 e. The van der Waals surface area contributed by atoms with Crippen molar-refractivity contribution in [2.75, 3.05) is 6.54 Å². The minimum atomic E-state index is 0.293. The second kappa shape index (κ2) is 6.05. The summed E-state index contributed by atoms with van der Waals surface area (Å²) >= 11 is 0. The summed E-state index contributed by atoms with van der Waals surface area (Å²) in [4.78, 5) is 12.1. The average molecular weight is 278 g/mol. The lowest BCUT2D eigenvalue weighted by Crippen LogP contribution is -2.30. The maximum atomic E-state index is 12.1. The highest BCUT2D eigenvalue weighted by atomic mass is 16.1. The van der Waals surface area contributed by atoms with Crippen LogP contribution in [0.15, 0.2) is 0 Å². The Morgan fingerprint density at radius 2 is 1.90 bits per heavy atom. The van der Waals surface area contributed by atoms with Gasteiger partial charge in [0.25, 0.3) is 0 Å². The number of carbonyl (C=O) groups excluding carboxylic acids is 1. The summed E-state index contributed by atoms with van der Waals surface area (Å²) in [5.41, 5.74) is 5.66. The molecule has 2 bridgehead atoms. The molecule has 20 heavy (non-hydrogen) atoms. The molecule has 0 aromatic rings. The highest BCUT2D eigenvalue weighted by Gasteiger charge is 2.65. The van der Waals surface area contributed by atoms with Crippen LogP contribution in [0.1, 0.15) is 58.3 Å². The van der Waals surface area contributed by atoms with E-state index in [-0.39, 0.29) is 0 Å². The number of nitrogens with two attached hydrogens (primary N) is 1. The van der Waals surface area contributed by atoms with Gasteiger partial charge in [0.15, 0.2) is 0 Å². The summed E-state index contributed by atoms with van der Waals surface area (Å²) in [6.45, 7) is 2.97. The first kappa shape index (κ1) is 14.4. The highest BCUT2D eigenvalue weighted by molar-refractivity contribution is 5.76. The van der Waals surface area contributed by atoms with Crippen LogP contribution in [0.4, 0.5) is 0 Å². The first-order chi connectivity index (χ1) is 9.74. The highest BCUT2D eigenvalue weighted by Crippen LogP contribution is 2.65. The topological polar surface area (TPSA) is 55.1 Å². The van der Waals surface area contributed by atoms with E-state index in [1.54, 1.807) is 0 Å². The fraction of sp³-hybridized carbons (Fsp3) is 0.941. The number of carbonyl (C=O) groups is 1. The van der Waals surface area contributed by atoms with Crippen LogP contribution in [0.3, 0.4) is 0 Å². The van der Waals surface area contributed by atoms with Crippen LogP contribution in [0.25, 0.3) is 0 Å². The Balaban J connectivity index is 1.38. The Bertz CT molecular complexity index is 335. The van der Waals surface area contributed by atoms with Gasteiger partial charge in [-0.25, -0.2) is 0 Å². The zero-order chi connectivity index (χ0) is 14.1. The maximum absolute atomic E-state index is 12.1. The Hall–Kier alpha value is -0.570. The largest absolute Gasteiger partial charge is 0.353 e. The molecule has 3 heteroatoms. The summed E-state index contributed by atoms with van der Waals surface area (Å²) in [6, 6.07) is 0.549.